The van der Waals surface area contributed by atoms with Crippen molar-refractivity contribution in [3.63, 3.8) is 0 Å². The summed E-state index contributed by atoms with van der Waals surface area (Å²) >= 11 is 0. The molecule has 4 aliphatic carbocycles. The van der Waals surface area contributed by atoms with Crippen LogP contribution in [0.25, 0.3) is 77.2 Å². The molecule has 0 N–H and O–H groups in total. The Morgan fingerprint density at radius 2 is 1.08 bits per heavy atom. The van der Waals surface area contributed by atoms with Crippen molar-refractivity contribution in [2.45, 2.75) is 44.3 Å². The Labute approximate surface area is 361 Å². The van der Waals surface area contributed by atoms with E-state index in [0.717, 1.165) is 35.3 Å². The molecule has 3 nitrogen and oxygen atoms in total. The largest absolute Gasteiger partial charge is 0.340 e. The van der Waals surface area contributed by atoms with Gasteiger partial charge in [0.25, 0.3) is 0 Å². The molecule has 0 radical (unpaired) electrons. The SMILES string of the molecule is c1ccc2c(c1)-c1cccc3c(N(c4ccc(-c5cc(-c6c7c(cc8c6CCC8)CCC7)c6c(c5)C5(OCCO5)c5ccccc5-6)cc4)c4ccc5ccccc5c4)ccc-2c13. The molecular formula is C59H43NO2. The van der Waals surface area contributed by atoms with Crippen LogP contribution in [0.3, 0.4) is 0 Å². The van der Waals surface area contributed by atoms with Gasteiger partial charge in [-0.1, -0.05) is 121 Å². The van der Waals surface area contributed by atoms with Crippen LogP contribution in [0.15, 0.2) is 164 Å². The topological polar surface area (TPSA) is 21.7 Å². The lowest BCUT2D eigenvalue weighted by molar-refractivity contribution is -0.126. The van der Waals surface area contributed by atoms with Crippen molar-refractivity contribution in [1.29, 1.82) is 0 Å². The molecule has 0 aromatic heterocycles. The van der Waals surface area contributed by atoms with Crippen molar-refractivity contribution in [3.8, 4) is 55.6 Å². The summed E-state index contributed by atoms with van der Waals surface area (Å²) < 4.78 is 13.5. The summed E-state index contributed by atoms with van der Waals surface area (Å²) in [5.41, 5.74) is 24.9. The van der Waals surface area contributed by atoms with Gasteiger partial charge in [0.2, 0.25) is 5.79 Å². The molecule has 14 rings (SSSR count). The highest BCUT2D eigenvalue weighted by molar-refractivity contribution is 6.19. The van der Waals surface area contributed by atoms with Gasteiger partial charge in [-0.05, 0) is 175 Å². The van der Waals surface area contributed by atoms with Crippen LogP contribution in [0.4, 0.5) is 17.1 Å². The summed E-state index contributed by atoms with van der Waals surface area (Å²) in [6, 6.07) is 61.4. The molecule has 0 saturated carbocycles. The molecule has 9 aromatic rings. The van der Waals surface area contributed by atoms with Crippen LogP contribution in [0, 0.1) is 0 Å². The van der Waals surface area contributed by atoms with Crippen molar-refractivity contribution < 1.29 is 9.47 Å². The van der Waals surface area contributed by atoms with Crippen molar-refractivity contribution >= 4 is 38.6 Å². The summed E-state index contributed by atoms with van der Waals surface area (Å²) in [7, 11) is 0. The Balaban J connectivity index is 0.969. The van der Waals surface area contributed by atoms with Crippen LogP contribution in [-0.4, -0.2) is 13.2 Å². The number of ether oxygens (including phenoxy) is 2. The maximum Gasteiger partial charge on any atom is 0.223 e. The number of hydrogen-bond donors (Lipinski definition) is 0. The van der Waals surface area contributed by atoms with E-state index in [2.05, 4.69) is 169 Å². The maximum atomic E-state index is 6.75. The van der Waals surface area contributed by atoms with Crippen molar-refractivity contribution in [2.24, 2.45) is 0 Å². The van der Waals surface area contributed by atoms with Crippen LogP contribution in [0.5, 0.6) is 0 Å². The monoisotopic (exact) mass is 797 g/mol. The number of aryl methyl sites for hydroxylation is 2. The fourth-order valence-electron chi connectivity index (χ4n) is 12.1. The van der Waals surface area contributed by atoms with E-state index >= 15 is 0 Å². The Morgan fingerprint density at radius 1 is 0.419 bits per heavy atom. The minimum absolute atomic E-state index is 0.575. The van der Waals surface area contributed by atoms with Gasteiger partial charge in [0.15, 0.2) is 0 Å². The molecule has 1 saturated heterocycles. The number of anilines is 3. The lowest BCUT2D eigenvalue weighted by Crippen LogP contribution is -2.25. The van der Waals surface area contributed by atoms with Crippen LogP contribution in [-0.2, 0) is 40.9 Å². The quantitative estimate of drug-likeness (QED) is 0.173. The number of benzene rings is 9. The third kappa shape index (κ3) is 4.84. The Bertz CT molecular complexity index is 3310. The molecular weight excluding hydrogens is 755 g/mol. The van der Waals surface area contributed by atoms with Gasteiger partial charge >= 0.3 is 0 Å². The average molecular weight is 798 g/mol. The minimum Gasteiger partial charge on any atom is -0.340 e. The average Bonchev–Trinajstić information content (AvgIpc) is 4.19. The molecule has 1 spiro atoms. The standard InChI is InChI=1S/C59H43NO2/c1-2-11-38-33-43(27-24-36(38)10-1)60(55-29-28-49-47-15-4-3-14-46(47)48-19-9-20-51(55)57(48)49)42-25-22-37(23-26-42)41-34-52(56-44-17-7-12-39(44)32-40-13-8-18-45(40)56)58-50-16-5-6-21-53(50)59(54(58)35-41)61-30-31-62-59/h1-6,9-11,14-16,19-29,32-35H,7-8,12-13,17-18,30-31H2. The second kappa shape index (κ2) is 13.1. The Kier molecular flexibility index (Phi) is 7.38. The fourth-order valence-corrected chi connectivity index (χ4v) is 12.1. The van der Waals surface area contributed by atoms with E-state index in [9.17, 15) is 0 Å². The van der Waals surface area contributed by atoms with E-state index in [-0.39, 0.29) is 0 Å². The lowest BCUT2D eigenvalue weighted by Gasteiger charge is -2.28. The third-order valence-electron chi connectivity index (χ3n) is 14.7. The van der Waals surface area contributed by atoms with E-state index in [4.69, 9.17) is 9.47 Å². The maximum absolute atomic E-state index is 6.75. The first-order chi connectivity index (χ1) is 30.7. The third-order valence-corrected chi connectivity index (χ3v) is 14.7. The molecule has 1 fully saturated rings. The zero-order chi connectivity index (χ0) is 40.5. The molecule has 62 heavy (non-hydrogen) atoms. The molecule has 3 heteroatoms. The molecule has 0 atom stereocenters. The van der Waals surface area contributed by atoms with Crippen LogP contribution < -0.4 is 4.90 Å². The molecule has 1 aliphatic heterocycles. The highest BCUT2D eigenvalue weighted by Crippen LogP contribution is 2.58. The van der Waals surface area contributed by atoms with E-state index in [0.29, 0.717) is 13.2 Å². The number of hydrogen-bond acceptors (Lipinski definition) is 3. The second-order valence-electron chi connectivity index (χ2n) is 17.9. The van der Waals surface area contributed by atoms with E-state index in [1.807, 2.05) is 0 Å². The zero-order valence-corrected chi connectivity index (χ0v) is 34.5. The predicted octanol–water partition coefficient (Wildman–Crippen LogP) is 14.6. The Hall–Kier alpha value is -6.78. The van der Waals surface area contributed by atoms with Gasteiger partial charge < -0.3 is 14.4 Å². The van der Waals surface area contributed by atoms with Gasteiger partial charge in [-0.25, -0.2) is 0 Å². The van der Waals surface area contributed by atoms with Crippen molar-refractivity contribution in [1.82, 2.24) is 0 Å². The fraction of sp³-hybridized carbons (Fsp3) is 0.153. The minimum atomic E-state index is -0.903. The lowest BCUT2D eigenvalue weighted by atomic mass is 9.83. The molecule has 9 aromatic carbocycles. The van der Waals surface area contributed by atoms with E-state index < -0.39 is 5.79 Å². The molecule has 0 unspecified atom stereocenters. The molecule has 0 bridgehead atoms. The van der Waals surface area contributed by atoms with E-state index in [1.54, 1.807) is 22.3 Å². The first-order valence-corrected chi connectivity index (χ1v) is 22.5. The first-order valence-electron chi connectivity index (χ1n) is 22.5. The Morgan fingerprint density at radius 3 is 1.85 bits per heavy atom. The summed E-state index contributed by atoms with van der Waals surface area (Å²) in [6.45, 7) is 1.15. The molecule has 1 heterocycles. The first kappa shape index (κ1) is 34.9. The highest BCUT2D eigenvalue weighted by Gasteiger charge is 2.50. The molecule has 0 amide bonds. The predicted molar refractivity (Wildman–Crippen MR) is 254 cm³/mol. The van der Waals surface area contributed by atoms with Gasteiger partial charge in [0.1, 0.15) is 0 Å². The van der Waals surface area contributed by atoms with Crippen LogP contribution in [0.1, 0.15) is 46.2 Å². The van der Waals surface area contributed by atoms with Gasteiger partial charge in [-0.15, -0.1) is 0 Å². The second-order valence-corrected chi connectivity index (χ2v) is 17.9. The van der Waals surface area contributed by atoms with Gasteiger partial charge in [0, 0.05) is 27.9 Å². The zero-order valence-electron chi connectivity index (χ0n) is 34.5. The van der Waals surface area contributed by atoms with Crippen LogP contribution in [0.2, 0.25) is 0 Å². The van der Waals surface area contributed by atoms with Gasteiger partial charge in [-0.2, -0.15) is 0 Å². The molecule has 5 aliphatic rings. The summed E-state index contributed by atoms with van der Waals surface area (Å²) in [4.78, 5) is 2.46. The van der Waals surface area contributed by atoms with E-state index in [1.165, 1.54) is 109 Å². The number of rotatable bonds is 5. The summed E-state index contributed by atoms with van der Waals surface area (Å²) in [6.07, 6.45) is 7.07. The van der Waals surface area contributed by atoms with Crippen LogP contribution >= 0.6 is 0 Å². The summed E-state index contributed by atoms with van der Waals surface area (Å²) in [5.74, 6) is -0.903. The normalized spacial score (nSPS) is 15.9. The molecule has 296 valence electrons. The highest BCUT2D eigenvalue weighted by atomic mass is 16.7. The van der Waals surface area contributed by atoms with Crippen molar-refractivity contribution in [2.75, 3.05) is 18.1 Å². The number of nitrogens with zero attached hydrogens (tertiary/aromatic N) is 1. The van der Waals surface area contributed by atoms with Gasteiger partial charge in [0.05, 0.1) is 18.9 Å². The van der Waals surface area contributed by atoms with Gasteiger partial charge in [-0.3, -0.25) is 0 Å². The summed E-state index contributed by atoms with van der Waals surface area (Å²) in [5, 5.41) is 5.03. The van der Waals surface area contributed by atoms with Crippen molar-refractivity contribution in [3.05, 3.63) is 197 Å². The number of fused-ring (bicyclic) bond motifs is 11. The smallest absolute Gasteiger partial charge is 0.223 e.